The molecule has 0 unspecified atom stereocenters. The first-order valence-electron chi connectivity index (χ1n) is 10.3. The van der Waals surface area contributed by atoms with E-state index < -0.39 is 23.7 Å². The highest BCUT2D eigenvalue weighted by atomic mass is 32.1. The molecule has 0 aliphatic carbocycles. The Morgan fingerprint density at radius 3 is 2.66 bits per heavy atom. The number of aryl methyl sites for hydroxylation is 1. The number of imidazole rings is 1. The number of nitrogens with zero attached hydrogens (tertiary/aromatic N) is 4. The van der Waals surface area contributed by atoms with E-state index in [9.17, 15) is 23.2 Å². The maximum atomic E-state index is 13.2. The first-order valence-corrected chi connectivity index (χ1v) is 11.1. The molecule has 0 spiro atoms. The van der Waals surface area contributed by atoms with Crippen molar-refractivity contribution in [1.82, 2.24) is 24.1 Å². The molecule has 5 aromatic rings. The van der Waals surface area contributed by atoms with E-state index in [0.29, 0.717) is 20.8 Å². The topological polar surface area (TPSA) is 115 Å². The van der Waals surface area contributed by atoms with Gasteiger partial charge >= 0.3 is 12.2 Å². The summed E-state index contributed by atoms with van der Waals surface area (Å²) >= 11 is 1.01. The van der Waals surface area contributed by atoms with Gasteiger partial charge in [-0.1, -0.05) is 29.5 Å². The number of hydrogen-bond acceptors (Lipinski definition) is 6. The molecule has 12 heteroatoms. The molecule has 0 radical (unpaired) electrons. The van der Waals surface area contributed by atoms with Crippen LogP contribution in [0.3, 0.4) is 0 Å². The standard InChI is InChI=1S/C23H16F2N6O3S/c1-12-17(18-26-9-10-30(18)21(24)25)35-22(27-12)29-19(32)13-7-8-15-16(11-13)28-23(34)31(20(15)33)14-5-3-2-4-6-14/h2-11,21H,1H3,(H,28,34)(H,27,29,32). The monoisotopic (exact) mass is 494 g/mol. The molecule has 5 rings (SSSR count). The zero-order valence-corrected chi connectivity index (χ0v) is 18.8. The third kappa shape index (κ3) is 4.04. The van der Waals surface area contributed by atoms with E-state index >= 15 is 0 Å². The van der Waals surface area contributed by atoms with Crippen LogP contribution in [0.2, 0.25) is 0 Å². The molecule has 0 saturated carbocycles. The number of rotatable bonds is 5. The average Bonchev–Trinajstić information content (AvgIpc) is 3.45. The Balaban J connectivity index is 1.46. The van der Waals surface area contributed by atoms with Crippen LogP contribution in [0, 0.1) is 6.92 Å². The van der Waals surface area contributed by atoms with E-state index in [1.807, 2.05) is 0 Å². The summed E-state index contributed by atoms with van der Waals surface area (Å²) in [6, 6.07) is 12.8. The maximum absolute atomic E-state index is 13.2. The van der Waals surface area contributed by atoms with Crippen molar-refractivity contribution in [2.75, 3.05) is 5.32 Å². The van der Waals surface area contributed by atoms with Gasteiger partial charge in [-0.05, 0) is 37.3 Å². The van der Waals surface area contributed by atoms with Crippen molar-refractivity contribution in [1.29, 1.82) is 0 Å². The van der Waals surface area contributed by atoms with Crippen LogP contribution < -0.4 is 16.6 Å². The molecule has 0 fully saturated rings. The van der Waals surface area contributed by atoms with Crippen LogP contribution in [0.5, 0.6) is 0 Å². The van der Waals surface area contributed by atoms with Gasteiger partial charge in [-0.2, -0.15) is 8.78 Å². The second-order valence-corrected chi connectivity index (χ2v) is 8.49. The average molecular weight is 494 g/mol. The number of halogens is 2. The molecule has 176 valence electrons. The lowest BCUT2D eigenvalue weighted by atomic mass is 10.1. The number of fused-ring (bicyclic) bond motifs is 1. The molecule has 0 saturated heterocycles. The van der Waals surface area contributed by atoms with E-state index in [2.05, 4.69) is 20.3 Å². The summed E-state index contributed by atoms with van der Waals surface area (Å²) in [5.41, 5.74) is 0.0773. The molecule has 3 heterocycles. The van der Waals surface area contributed by atoms with Gasteiger partial charge in [-0.3, -0.25) is 19.5 Å². The van der Waals surface area contributed by atoms with Gasteiger partial charge in [0.25, 0.3) is 11.5 Å². The van der Waals surface area contributed by atoms with Crippen molar-refractivity contribution in [2.24, 2.45) is 0 Å². The Morgan fingerprint density at radius 2 is 1.91 bits per heavy atom. The van der Waals surface area contributed by atoms with Gasteiger partial charge in [-0.15, -0.1) is 0 Å². The summed E-state index contributed by atoms with van der Waals surface area (Å²) in [5, 5.41) is 3.06. The lowest BCUT2D eigenvalue weighted by Gasteiger charge is -2.07. The van der Waals surface area contributed by atoms with Crippen LogP contribution in [0.15, 0.2) is 70.5 Å². The molecule has 3 aromatic heterocycles. The Bertz CT molecular complexity index is 1690. The molecule has 0 bridgehead atoms. The Labute approximate surface area is 199 Å². The summed E-state index contributed by atoms with van der Waals surface area (Å²) in [7, 11) is 0. The highest BCUT2D eigenvalue weighted by molar-refractivity contribution is 7.19. The van der Waals surface area contributed by atoms with Crippen molar-refractivity contribution in [3.8, 4) is 16.4 Å². The number of aromatic nitrogens is 5. The number of aromatic amines is 1. The van der Waals surface area contributed by atoms with E-state index in [4.69, 9.17) is 0 Å². The Hall–Kier alpha value is -4.45. The number of benzene rings is 2. The van der Waals surface area contributed by atoms with Crippen LogP contribution >= 0.6 is 11.3 Å². The summed E-state index contributed by atoms with van der Waals surface area (Å²) in [6.07, 6.45) is 2.43. The number of para-hydroxylation sites is 1. The SMILES string of the molecule is Cc1nc(NC(=O)c2ccc3c(=O)n(-c4ccccc4)c(=O)[nH]c3c2)sc1-c1nccn1C(F)F. The number of anilines is 1. The molecular weight excluding hydrogens is 478 g/mol. The number of carbonyl (C=O) groups excluding carboxylic acids is 1. The number of alkyl halides is 2. The third-order valence-corrected chi connectivity index (χ3v) is 6.34. The van der Waals surface area contributed by atoms with Crippen LogP contribution in [-0.4, -0.2) is 30.0 Å². The van der Waals surface area contributed by atoms with Crippen LogP contribution in [0.25, 0.3) is 27.3 Å². The van der Waals surface area contributed by atoms with Gasteiger partial charge in [0.1, 0.15) is 0 Å². The second-order valence-electron chi connectivity index (χ2n) is 7.49. The highest BCUT2D eigenvalue weighted by Crippen LogP contribution is 2.33. The first kappa shape index (κ1) is 22.3. The van der Waals surface area contributed by atoms with Crippen LogP contribution in [0.4, 0.5) is 13.9 Å². The zero-order chi connectivity index (χ0) is 24.7. The predicted octanol–water partition coefficient (Wildman–Crippen LogP) is 3.95. The number of H-pyrrole nitrogens is 1. The lowest BCUT2D eigenvalue weighted by Crippen LogP contribution is -2.33. The summed E-state index contributed by atoms with van der Waals surface area (Å²) in [6.45, 7) is -1.14. The van der Waals surface area contributed by atoms with E-state index in [0.717, 1.165) is 15.9 Å². The molecule has 9 nitrogen and oxygen atoms in total. The minimum Gasteiger partial charge on any atom is -0.306 e. The van der Waals surface area contributed by atoms with Crippen molar-refractivity contribution in [3.63, 3.8) is 0 Å². The van der Waals surface area contributed by atoms with Gasteiger partial charge in [0.05, 0.1) is 27.2 Å². The van der Waals surface area contributed by atoms with Crippen LogP contribution in [-0.2, 0) is 0 Å². The number of nitrogens with one attached hydrogen (secondary N) is 2. The van der Waals surface area contributed by atoms with Gasteiger partial charge in [0.15, 0.2) is 11.0 Å². The molecule has 0 aliphatic rings. The van der Waals surface area contributed by atoms with Crippen molar-refractivity contribution in [3.05, 3.63) is 93.0 Å². The maximum Gasteiger partial charge on any atom is 0.333 e. The van der Waals surface area contributed by atoms with Gasteiger partial charge in [0.2, 0.25) is 0 Å². The minimum atomic E-state index is -2.77. The molecule has 1 amide bonds. The van der Waals surface area contributed by atoms with Crippen molar-refractivity contribution in [2.45, 2.75) is 13.5 Å². The van der Waals surface area contributed by atoms with Crippen molar-refractivity contribution >= 4 is 33.3 Å². The fourth-order valence-corrected chi connectivity index (χ4v) is 4.61. The van der Waals surface area contributed by atoms with E-state index in [1.165, 1.54) is 30.6 Å². The van der Waals surface area contributed by atoms with Crippen molar-refractivity contribution < 1.29 is 13.6 Å². The fraction of sp³-hybridized carbons (Fsp3) is 0.0870. The summed E-state index contributed by atoms with van der Waals surface area (Å²) in [4.78, 5) is 49.6. The van der Waals surface area contributed by atoms with Crippen LogP contribution in [0.1, 0.15) is 22.6 Å². The first-order chi connectivity index (χ1) is 16.8. The van der Waals surface area contributed by atoms with E-state index in [-0.39, 0.29) is 27.4 Å². The Morgan fingerprint density at radius 1 is 1.14 bits per heavy atom. The zero-order valence-electron chi connectivity index (χ0n) is 18.0. The quantitative estimate of drug-likeness (QED) is 0.384. The number of thiazole rings is 1. The molecule has 0 atom stereocenters. The van der Waals surface area contributed by atoms with E-state index in [1.54, 1.807) is 37.3 Å². The lowest BCUT2D eigenvalue weighted by molar-refractivity contribution is 0.0720. The molecule has 2 aromatic carbocycles. The predicted molar refractivity (Wildman–Crippen MR) is 127 cm³/mol. The number of amides is 1. The molecular formula is C23H16F2N6O3S. The number of hydrogen-bond donors (Lipinski definition) is 2. The summed E-state index contributed by atoms with van der Waals surface area (Å²) < 4.78 is 28.2. The fourth-order valence-electron chi connectivity index (χ4n) is 3.64. The molecule has 0 aliphatic heterocycles. The Kier molecular flexibility index (Phi) is 5.57. The number of carbonyl (C=O) groups is 1. The highest BCUT2D eigenvalue weighted by Gasteiger charge is 2.20. The third-order valence-electron chi connectivity index (χ3n) is 5.27. The van der Waals surface area contributed by atoms with Gasteiger partial charge < -0.3 is 4.98 Å². The smallest absolute Gasteiger partial charge is 0.306 e. The largest absolute Gasteiger partial charge is 0.333 e. The second kappa shape index (κ2) is 8.72. The molecule has 2 N–H and O–H groups in total. The van der Waals surface area contributed by atoms with Gasteiger partial charge in [0, 0.05) is 18.0 Å². The normalized spacial score (nSPS) is 11.3. The van der Waals surface area contributed by atoms with Gasteiger partial charge in [-0.25, -0.2) is 19.3 Å². The summed E-state index contributed by atoms with van der Waals surface area (Å²) in [5.74, 6) is -0.494. The minimum absolute atomic E-state index is 0.0495. The molecule has 35 heavy (non-hydrogen) atoms.